The van der Waals surface area contributed by atoms with E-state index in [0.717, 1.165) is 11.0 Å². The van der Waals surface area contributed by atoms with E-state index in [1.165, 1.54) is 0 Å². The molecule has 1 heterocycles. The van der Waals surface area contributed by atoms with Gasteiger partial charge >= 0.3 is 7.12 Å². The number of aromatic hydroxyl groups is 1. The molecular formula is C16H23BClNO3. The van der Waals surface area contributed by atoms with Crippen LogP contribution in [0.1, 0.15) is 33.3 Å². The SMILES string of the molecule is CNCC(=Cc1ccc(Cl)c(O)c1)B1OC(C)(C)C(C)(C)O1. The largest absolute Gasteiger partial charge is 0.506 e. The topological polar surface area (TPSA) is 50.7 Å². The third kappa shape index (κ3) is 3.49. The Balaban J connectivity index is 2.31. The first-order chi connectivity index (χ1) is 10.2. The molecule has 0 spiro atoms. The zero-order chi connectivity index (χ0) is 16.5. The fourth-order valence-electron chi connectivity index (χ4n) is 2.23. The van der Waals surface area contributed by atoms with Gasteiger partial charge in [0.1, 0.15) is 5.75 Å². The van der Waals surface area contributed by atoms with Gasteiger partial charge in [-0.15, -0.1) is 0 Å². The van der Waals surface area contributed by atoms with Crippen molar-refractivity contribution < 1.29 is 14.4 Å². The van der Waals surface area contributed by atoms with Gasteiger partial charge in [0.2, 0.25) is 0 Å². The summed E-state index contributed by atoms with van der Waals surface area (Å²) in [4.78, 5) is 0. The first kappa shape index (κ1) is 17.4. The van der Waals surface area contributed by atoms with Gasteiger partial charge < -0.3 is 19.7 Å². The van der Waals surface area contributed by atoms with Crippen LogP contribution >= 0.6 is 11.6 Å². The molecule has 0 atom stereocenters. The number of phenolic OH excluding ortho intramolecular Hbond substituents is 1. The maximum atomic E-state index is 9.74. The molecule has 4 nitrogen and oxygen atoms in total. The maximum Gasteiger partial charge on any atom is 0.491 e. The van der Waals surface area contributed by atoms with Crippen LogP contribution in [0.3, 0.4) is 0 Å². The van der Waals surface area contributed by atoms with Crippen molar-refractivity contribution in [2.24, 2.45) is 0 Å². The van der Waals surface area contributed by atoms with E-state index >= 15 is 0 Å². The molecule has 1 aromatic rings. The summed E-state index contributed by atoms with van der Waals surface area (Å²) in [6.07, 6.45) is 1.95. The second kappa shape index (κ2) is 6.24. The van der Waals surface area contributed by atoms with Gasteiger partial charge in [-0.2, -0.15) is 0 Å². The summed E-state index contributed by atoms with van der Waals surface area (Å²) in [6, 6.07) is 5.15. The zero-order valence-corrected chi connectivity index (χ0v) is 14.5. The van der Waals surface area contributed by atoms with Crippen LogP contribution in [0.4, 0.5) is 0 Å². The predicted molar refractivity (Wildman–Crippen MR) is 91.1 cm³/mol. The number of benzene rings is 1. The highest BCUT2D eigenvalue weighted by atomic mass is 35.5. The summed E-state index contributed by atoms with van der Waals surface area (Å²) >= 11 is 5.85. The number of rotatable bonds is 4. The molecule has 0 amide bonds. The molecule has 120 valence electrons. The maximum absolute atomic E-state index is 9.74. The highest BCUT2D eigenvalue weighted by Gasteiger charge is 2.52. The summed E-state index contributed by atoms with van der Waals surface area (Å²) in [5, 5.41) is 13.2. The molecule has 0 bridgehead atoms. The Morgan fingerprint density at radius 2 is 1.86 bits per heavy atom. The minimum atomic E-state index is -0.421. The second-order valence-corrected chi connectivity index (χ2v) is 6.96. The van der Waals surface area contributed by atoms with Crippen molar-refractivity contribution in [3.8, 4) is 5.75 Å². The first-order valence-electron chi connectivity index (χ1n) is 7.35. The lowest BCUT2D eigenvalue weighted by Crippen LogP contribution is -2.41. The Morgan fingerprint density at radius 1 is 1.27 bits per heavy atom. The van der Waals surface area contributed by atoms with E-state index in [2.05, 4.69) is 5.32 Å². The van der Waals surface area contributed by atoms with Crippen LogP contribution < -0.4 is 5.32 Å². The van der Waals surface area contributed by atoms with Gasteiger partial charge in [-0.3, -0.25) is 0 Å². The highest BCUT2D eigenvalue weighted by molar-refractivity contribution is 6.55. The van der Waals surface area contributed by atoms with E-state index in [-0.39, 0.29) is 17.0 Å². The Kier molecular flexibility index (Phi) is 4.92. The van der Waals surface area contributed by atoms with Gasteiger partial charge in [0.25, 0.3) is 0 Å². The summed E-state index contributed by atoms with van der Waals surface area (Å²) in [7, 11) is 1.45. The quantitative estimate of drug-likeness (QED) is 0.835. The summed E-state index contributed by atoms with van der Waals surface area (Å²) < 4.78 is 12.2. The number of likely N-dealkylation sites (N-methyl/N-ethyl adjacent to an activating group) is 1. The van der Waals surface area contributed by atoms with Crippen molar-refractivity contribution in [2.75, 3.05) is 13.6 Å². The van der Waals surface area contributed by atoms with Crippen LogP contribution in [0.15, 0.2) is 23.7 Å². The Labute approximate surface area is 137 Å². The molecule has 1 aromatic carbocycles. The van der Waals surface area contributed by atoms with Crippen molar-refractivity contribution in [3.63, 3.8) is 0 Å². The van der Waals surface area contributed by atoms with Crippen LogP contribution in [0.5, 0.6) is 5.75 Å². The molecule has 2 N–H and O–H groups in total. The molecule has 6 heteroatoms. The molecule has 0 saturated carbocycles. The van der Waals surface area contributed by atoms with Crippen molar-refractivity contribution in [1.82, 2.24) is 5.32 Å². The number of hydrogen-bond donors (Lipinski definition) is 2. The fourth-order valence-corrected chi connectivity index (χ4v) is 2.35. The van der Waals surface area contributed by atoms with Gasteiger partial charge in [0, 0.05) is 6.54 Å². The van der Waals surface area contributed by atoms with Crippen LogP contribution in [0, 0.1) is 0 Å². The summed E-state index contributed by atoms with van der Waals surface area (Å²) in [6.45, 7) is 8.73. The molecule has 0 unspecified atom stereocenters. The minimum Gasteiger partial charge on any atom is -0.506 e. The van der Waals surface area contributed by atoms with Gasteiger partial charge in [-0.1, -0.05) is 23.7 Å². The molecule has 1 aliphatic heterocycles. The average Bonchev–Trinajstić information content (AvgIpc) is 2.62. The van der Waals surface area contributed by atoms with Crippen LogP contribution in [-0.2, 0) is 9.31 Å². The third-order valence-electron chi connectivity index (χ3n) is 4.26. The zero-order valence-electron chi connectivity index (χ0n) is 13.7. The number of hydrogen-bond acceptors (Lipinski definition) is 4. The lowest BCUT2D eigenvalue weighted by molar-refractivity contribution is 0.00578. The Morgan fingerprint density at radius 3 is 2.36 bits per heavy atom. The fraction of sp³-hybridized carbons (Fsp3) is 0.500. The molecule has 0 aliphatic carbocycles. The molecule has 1 fully saturated rings. The standard InChI is InChI=1S/C16H23BClNO3/c1-15(2)16(3,4)22-17(21-15)12(10-19-5)8-11-6-7-13(18)14(20)9-11/h6-9,19-20H,10H2,1-5H3. The monoisotopic (exact) mass is 323 g/mol. The van der Waals surface area contributed by atoms with Crippen LogP contribution in [0.2, 0.25) is 5.02 Å². The predicted octanol–water partition coefficient (Wildman–Crippen LogP) is 3.28. The number of phenols is 1. The number of nitrogens with one attached hydrogen (secondary N) is 1. The summed E-state index contributed by atoms with van der Waals surface area (Å²) in [5.74, 6) is 0.0631. The normalized spacial score (nSPS) is 20.5. The Hall–Kier alpha value is -1.01. The van der Waals surface area contributed by atoms with Gasteiger partial charge in [-0.25, -0.2) is 0 Å². The first-order valence-corrected chi connectivity index (χ1v) is 7.73. The lowest BCUT2D eigenvalue weighted by atomic mass is 9.77. The molecular weight excluding hydrogens is 300 g/mol. The van der Waals surface area contributed by atoms with Crippen molar-refractivity contribution in [1.29, 1.82) is 0 Å². The molecule has 0 radical (unpaired) electrons. The lowest BCUT2D eigenvalue weighted by Gasteiger charge is -2.32. The van der Waals surface area contributed by atoms with Crippen LogP contribution in [-0.4, -0.2) is 37.0 Å². The van der Waals surface area contributed by atoms with E-state index in [1.54, 1.807) is 12.1 Å². The smallest absolute Gasteiger partial charge is 0.491 e. The molecule has 0 aromatic heterocycles. The molecule has 2 rings (SSSR count). The van der Waals surface area contributed by atoms with Crippen molar-refractivity contribution in [2.45, 2.75) is 38.9 Å². The van der Waals surface area contributed by atoms with Crippen molar-refractivity contribution in [3.05, 3.63) is 34.3 Å². The second-order valence-electron chi connectivity index (χ2n) is 6.55. The third-order valence-corrected chi connectivity index (χ3v) is 4.58. The highest BCUT2D eigenvalue weighted by Crippen LogP contribution is 2.38. The van der Waals surface area contributed by atoms with Gasteiger partial charge in [0.05, 0.1) is 16.2 Å². The number of halogens is 1. The van der Waals surface area contributed by atoms with Gasteiger partial charge in [0.15, 0.2) is 0 Å². The van der Waals surface area contributed by atoms with Crippen molar-refractivity contribution >= 4 is 24.8 Å². The summed E-state index contributed by atoms with van der Waals surface area (Å²) in [5.41, 5.74) is 1.05. The van der Waals surface area contributed by atoms with Gasteiger partial charge in [-0.05, 0) is 57.9 Å². The molecule has 1 aliphatic rings. The van der Waals surface area contributed by atoms with E-state index in [0.29, 0.717) is 11.6 Å². The molecule has 22 heavy (non-hydrogen) atoms. The van der Waals surface area contributed by atoms with E-state index in [4.69, 9.17) is 20.9 Å². The van der Waals surface area contributed by atoms with E-state index < -0.39 is 7.12 Å². The van der Waals surface area contributed by atoms with Crippen LogP contribution in [0.25, 0.3) is 6.08 Å². The molecule has 1 saturated heterocycles. The minimum absolute atomic E-state index is 0.0631. The average molecular weight is 324 g/mol. The van der Waals surface area contributed by atoms with E-state index in [1.807, 2.05) is 46.9 Å². The van der Waals surface area contributed by atoms with E-state index in [9.17, 15) is 5.11 Å². The Bertz CT molecular complexity index is 571.